The first-order valence-corrected chi connectivity index (χ1v) is 4.50. The van der Waals surface area contributed by atoms with E-state index in [1.807, 2.05) is 6.92 Å². The van der Waals surface area contributed by atoms with E-state index >= 15 is 0 Å². The minimum Gasteiger partial charge on any atom is -0.337 e. The third kappa shape index (κ3) is 2.18. The van der Waals surface area contributed by atoms with Crippen molar-refractivity contribution in [3.8, 4) is 0 Å². The van der Waals surface area contributed by atoms with Crippen LogP contribution in [0.2, 0.25) is 0 Å². The number of carbonyl (C=O) groups excluding carboxylic acids is 3. The molecule has 1 aliphatic heterocycles. The largest absolute Gasteiger partial charge is 0.337 e. The Kier molecular flexibility index (Phi) is 3.39. The zero-order chi connectivity index (χ0) is 10.6. The van der Waals surface area contributed by atoms with Crippen molar-refractivity contribution in [1.82, 2.24) is 10.2 Å². The monoisotopic (exact) mass is 196 g/mol. The molecule has 5 heteroatoms. The Morgan fingerprint density at radius 2 is 1.93 bits per heavy atom. The molecule has 1 heterocycles. The summed E-state index contributed by atoms with van der Waals surface area (Å²) >= 11 is 0. The predicted molar refractivity (Wildman–Crippen MR) is 49.3 cm³/mol. The fourth-order valence-corrected chi connectivity index (χ4v) is 1.05. The lowest BCUT2D eigenvalue weighted by Gasteiger charge is -2.12. The smallest absolute Gasteiger partial charge is 0.331 e. The Hall–Kier alpha value is -1.65. The summed E-state index contributed by atoms with van der Waals surface area (Å²) in [5.74, 6) is -1.16. The van der Waals surface area contributed by atoms with E-state index in [1.54, 1.807) is 0 Å². The van der Waals surface area contributed by atoms with Crippen LogP contribution >= 0.6 is 0 Å². The van der Waals surface area contributed by atoms with Crippen LogP contribution in [-0.4, -0.2) is 29.3 Å². The molecule has 0 saturated heterocycles. The average Bonchev–Trinajstić information content (AvgIpc) is 2.46. The second-order valence-corrected chi connectivity index (χ2v) is 2.93. The Morgan fingerprint density at radius 1 is 1.36 bits per heavy atom. The van der Waals surface area contributed by atoms with Gasteiger partial charge in [-0.2, -0.15) is 4.90 Å². The molecular formula is C9H12N2O3. The molecule has 0 atom stereocenters. The van der Waals surface area contributed by atoms with Crippen molar-refractivity contribution in [3.05, 3.63) is 12.2 Å². The number of urea groups is 1. The van der Waals surface area contributed by atoms with Crippen LogP contribution in [0.3, 0.4) is 0 Å². The first-order valence-electron chi connectivity index (χ1n) is 4.50. The van der Waals surface area contributed by atoms with Crippen molar-refractivity contribution in [1.29, 1.82) is 0 Å². The van der Waals surface area contributed by atoms with Crippen molar-refractivity contribution in [2.24, 2.45) is 0 Å². The summed E-state index contributed by atoms with van der Waals surface area (Å²) in [5.41, 5.74) is 0. The molecule has 0 unspecified atom stereocenters. The summed E-state index contributed by atoms with van der Waals surface area (Å²) < 4.78 is 0. The van der Waals surface area contributed by atoms with Crippen LogP contribution in [0.4, 0.5) is 4.79 Å². The van der Waals surface area contributed by atoms with Gasteiger partial charge in [-0.05, 0) is 6.42 Å². The molecule has 0 aliphatic carbocycles. The predicted octanol–water partition coefficient (Wildman–Crippen LogP) is 0.421. The summed E-state index contributed by atoms with van der Waals surface area (Å²) in [6.07, 6.45) is 3.94. The second-order valence-electron chi connectivity index (χ2n) is 2.93. The van der Waals surface area contributed by atoms with Crippen LogP contribution in [0.1, 0.15) is 19.8 Å². The zero-order valence-corrected chi connectivity index (χ0v) is 7.95. The molecule has 0 aromatic heterocycles. The zero-order valence-electron chi connectivity index (χ0n) is 7.95. The number of imide groups is 3. The number of nitrogens with one attached hydrogen (secondary N) is 1. The van der Waals surface area contributed by atoms with Crippen molar-refractivity contribution in [2.75, 3.05) is 6.54 Å². The second kappa shape index (κ2) is 4.55. The molecule has 0 bridgehead atoms. The number of unbranched alkanes of at least 4 members (excludes halogenated alkanes) is 1. The minimum atomic E-state index is -0.640. The average molecular weight is 196 g/mol. The molecule has 4 amide bonds. The Labute approximate surface area is 81.8 Å². The van der Waals surface area contributed by atoms with Gasteiger partial charge in [0, 0.05) is 18.7 Å². The molecule has 1 N–H and O–H groups in total. The molecule has 1 rings (SSSR count). The summed E-state index contributed by atoms with van der Waals surface area (Å²) in [5, 5.41) is 2.49. The summed E-state index contributed by atoms with van der Waals surface area (Å²) in [4.78, 5) is 33.9. The van der Waals surface area contributed by atoms with Crippen LogP contribution < -0.4 is 5.32 Å². The van der Waals surface area contributed by atoms with Crippen LogP contribution in [0.15, 0.2) is 12.2 Å². The summed E-state index contributed by atoms with van der Waals surface area (Å²) in [6, 6.07) is -0.640. The minimum absolute atomic E-state index is 0.479. The summed E-state index contributed by atoms with van der Waals surface area (Å²) in [6.45, 7) is 2.46. The van der Waals surface area contributed by atoms with Gasteiger partial charge in [0.2, 0.25) is 0 Å². The van der Waals surface area contributed by atoms with E-state index in [4.69, 9.17) is 0 Å². The molecule has 76 valence electrons. The summed E-state index contributed by atoms with van der Waals surface area (Å²) in [7, 11) is 0. The molecule has 0 radical (unpaired) electrons. The highest BCUT2D eigenvalue weighted by Gasteiger charge is 2.29. The van der Waals surface area contributed by atoms with E-state index in [0.29, 0.717) is 11.4 Å². The molecule has 1 aliphatic rings. The van der Waals surface area contributed by atoms with Gasteiger partial charge in [-0.3, -0.25) is 9.59 Å². The fraction of sp³-hybridized carbons (Fsp3) is 0.444. The van der Waals surface area contributed by atoms with E-state index in [9.17, 15) is 14.4 Å². The van der Waals surface area contributed by atoms with Gasteiger partial charge in [0.1, 0.15) is 0 Å². The maximum atomic E-state index is 11.3. The van der Waals surface area contributed by atoms with Gasteiger partial charge >= 0.3 is 6.03 Å². The normalized spacial score (nSPS) is 15.1. The molecule has 5 nitrogen and oxygen atoms in total. The van der Waals surface area contributed by atoms with E-state index in [1.165, 1.54) is 0 Å². The van der Waals surface area contributed by atoms with Crippen LogP contribution in [0.5, 0.6) is 0 Å². The Bertz CT molecular complexity index is 278. The fourth-order valence-electron chi connectivity index (χ4n) is 1.05. The molecule has 14 heavy (non-hydrogen) atoms. The molecule has 0 fully saturated rings. The maximum Gasteiger partial charge on any atom is 0.331 e. The van der Waals surface area contributed by atoms with Crippen molar-refractivity contribution in [3.63, 3.8) is 0 Å². The van der Waals surface area contributed by atoms with Crippen LogP contribution in [0.25, 0.3) is 0 Å². The number of hydrogen-bond acceptors (Lipinski definition) is 3. The number of carbonyl (C=O) groups is 3. The van der Waals surface area contributed by atoms with Gasteiger partial charge in [0.15, 0.2) is 0 Å². The van der Waals surface area contributed by atoms with Gasteiger partial charge in [0.05, 0.1) is 0 Å². The van der Waals surface area contributed by atoms with E-state index in [-0.39, 0.29) is 0 Å². The highest BCUT2D eigenvalue weighted by atomic mass is 16.2. The first-order chi connectivity index (χ1) is 6.66. The van der Waals surface area contributed by atoms with Gasteiger partial charge in [0.25, 0.3) is 11.8 Å². The van der Waals surface area contributed by atoms with Crippen molar-refractivity contribution < 1.29 is 14.4 Å². The topological polar surface area (TPSA) is 66.5 Å². The van der Waals surface area contributed by atoms with E-state index < -0.39 is 17.8 Å². The Balaban J connectivity index is 2.45. The van der Waals surface area contributed by atoms with Gasteiger partial charge in [-0.25, -0.2) is 4.79 Å². The van der Waals surface area contributed by atoms with Gasteiger partial charge < -0.3 is 5.32 Å². The van der Waals surface area contributed by atoms with Crippen LogP contribution in [0, 0.1) is 0 Å². The molecular weight excluding hydrogens is 184 g/mol. The standard InChI is InChI=1S/C9H12N2O3/c1-2-3-6-10-9(14)11-7(12)4-5-8(11)13/h4-5H,2-3,6H2,1H3,(H,10,14). The lowest BCUT2D eigenvalue weighted by atomic mass is 10.3. The third-order valence-electron chi connectivity index (χ3n) is 1.82. The van der Waals surface area contributed by atoms with Crippen molar-refractivity contribution in [2.45, 2.75) is 19.8 Å². The quantitative estimate of drug-likeness (QED) is 0.525. The van der Waals surface area contributed by atoms with Crippen molar-refractivity contribution >= 4 is 17.8 Å². The lowest BCUT2D eigenvalue weighted by molar-refractivity contribution is -0.133. The highest BCUT2D eigenvalue weighted by Crippen LogP contribution is 2.03. The number of rotatable bonds is 3. The third-order valence-corrected chi connectivity index (χ3v) is 1.82. The van der Waals surface area contributed by atoms with Gasteiger partial charge in [-0.15, -0.1) is 0 Å². The number of hydrogen-bond donors (Lipinski definition) is 1. The molecule has 0 spiro atoms. The van der Waals surface area contributed by atoms with E-state index in [2.05, 4.69) is 5.32 Å². The molecule has 0 aromatic rings. The SMILES string of the molecule is CCCCNC(=O)N1C(=O)C=CC1=O. The number of amides is 4. The highest BCUT2D eigenvalue weighted by molar-refractivity contribution is 6.22. The Morgan fingerprint density at radius 3 is 2.43 bits per heavy atom. The number of nitrogens with zero attached hydrogens (tertiary/aromatic N) is 1. The van der Waals surface area contributed by atoms with Crippen LogP contribution in [-0.2, 0) is 9.59 Å². The first kappa shape index (κ1) is 10.4. The van der Waals surface area contributed by atoms with Gasteiger partial charge in [-0.1, -0.05) is 13.3 Å². The van der Waals surface area contributed by atoms with E-state index in [0.717, 1.165) is 25.0 Å². The molecule has 0 aromatic carbocycles. The maximum absolute atomic E-state index is 11.3. The lowest BCUT2D eigenvalue weighted by Crippen LogP contribution is -2.43. The molecule has 0 saturated carbocycles.